The molecule has 48 heavy (non-hydrogen) atoms. The van der Waals surface area contributed by atoms with Crippen LogP contribution in [0, 0.1) is 0 Å². The van der Waals surface area contributed by atoms with Crippen molar-refractivity contribution < 1.29 is 0 Å². The number of aromatic nitrogens is 2. The molecule has 0 aliphatic carbocycles. The van der Waals surface area contributed by atoms with Crippen LogP contribution in [0.3, 0.4) is 0 Å². The first-order valence-electron chi connectivity index (χ1n) is 16.6. The summed E-state index contributed by atoms with van der Waals surface area (Å²) in [5.74, 6) is 0. The average molecular weight is 609 g/mol. The lowest BCUT2D eigenvalue weighted by molar-refractivity contribution is 1.19. The van der Waals surface area contributed by atoms with Crippen molar-refractivity contribution in [3.8, 4) is 27.9 Å². The molecular weight excluding hydrogens is 581 g/mol. The Balaban J connectivity index is 1.34. The van der Waals surface area contributed by atoms with E-state index in [1.807, 2.05) is 0 Å². The third-order valence-electron chi connectivity index (χ3n) is 10.4. The number of fused-ring (bicyclic) bond motifs is 8. The zero-order valence-corrected chi connectivity index (χ0v) is 26.1. The summed E-state index contributed by atoms with van der Waals surface area (Å²) < 4.78 is 5.05. The van der Waals surface area contributed by atoms with Crippen LogP contribution >= 0.6 is 0 Å². The third-order valence-corrected chi connectivity index (χ3v) is 10.4. The minimum atomic E-state index is 1.16. The van der Waals surface area contributed by atoms with Gasteiger partial charge < -0.3 is 8.97 Å². The van der Waals surface area contributed by atoms with Gasteiger partial charge in [0.05, 0.1) is 27.6 Å². The van der Waals surface area contributed by atoms with Gasteiger partial charge in [-0.25, -0.2) is 0 Å². The van der Waals surface area contributed by atoms with Crippen LogP contribution in [0.1, 0.15) is 0 Å². The van der Waals surface area contributed by atoms with Crippen LogP contribution < -0.4 is 0 Å². The molecule has 0 radical (unpaired) electrons. The van der Waals surface area contributed by atoms with Gasteiger partial charge in [0.15, 0.2) is 0 Å². The van der Waals surface area contributed by atoms with E-state index in [2.05, 4.69) is 179 Å². The van der Waals surface area contributed by atoms with Gasteiger partial charge >= 0.3 is 0 Å². The van der Waals surface area contributed by atoms with Gasteiger partial charge in [-0.2, -0.15) is 0 Å². The molecule has 0 fully saturated rings. The first-order valence-corrected chi connectivity index (χ1v) is 16.6. The Morgan fingerprint density at radius 3 is 1.75 bits per heavy atom. The average Bonchev–Trinajstić information content (AvgIpc) is 3.64. The zero-order chi connectivity index (χ0) is 31.3. The van der Waals surface area contributed by atoms with Crippen LogP contribution in [0.5, 0.6) is 0 Å². The van der Waals surface area contributed by atoms with Crippen LogP contribution in [0.25, 0.3) is 98.6 Å². The molecule has 0 bridgehead atoms. The van der Waals surface area contributed by atoms with Crippen molar-refractivity contribution in [3.05, 3.63) is 170 Å². The number of hydrogen-bond acceptors (Lipinski definition) is 0. The van der Waals surface area contributed by atoms with E-state index in [9.17, 15) is 0 Å². The summed E-state index contributed by atoms with van der Waals surface area (Å²) in [6, 6.07) is 62.4. The normalized spacial score (nSPS) is 12.2. The van der Waals surface area contributed by atoms with E-state index in [4.69, 9.17) is 0 Å². The Bertz CT molecular complexity index is 3050. The number of para-hydroxylation sites is 2. The molecule has 0 aliphatic rings. The molecule has 0 unspecified atom stereocenters. The second kappa shape index (κ2) is 9.57. The lowest BCUT2D eigenvalue weighted by Crippen LogP contribution is -1.96. The highest BCUT2D eigenvalue weighted by Crippen LogP contribution is 2.47. The molecule has 3 aromatic heterocycles. The highest BCUT2D eigenvalue weighted by Gasteiger charge is 2.24. The number of rotatable bonds is 3. The molecule has 222 valence electrons. The second-order valence-corrected chi connectivity index (χ2v) is 12.9. The summed E-state index contributed by atoms with van der Waals surface area (Å²) in [4.78, 5) is 0. The quantitative estimate of drug-likeness (QED) is 0.189. The maximum atomic E-state index is 2.53. The summed E-state index contributed by atoms with van der Waals surface area (Å²) in [6.45, 7) is 0. The summed E-state index contributed by atoms with van der Waals surface area (Å²) in [6.07, 6.45) is 0. The summed E-state index contributed by atoms with van der Waals surface area (Å²) in [5, 5.41) is 10.3. The van der Waals surface area contributed by atoms with Crippen molar-refractivity contribution in [1.82, 2.24) is 8.97 Å². The van der Waals surface area contributed by atoms with E-state index in [1.165, 1.54) is 92.9 Å². The fraction of sp³-hybridized carbons (Fsp3) is 0. The zero-order valence-electron chi connectivity index (χ0n) is 26.1. The molecule has 0 N–H and O–H groups in total. The van der Waals surface area contributed by atoms with Crippen LogP contribution in [-0.2, 0) is 0 Å². The summed E-state index contributed by atoms with van der Waals surface area (Å²) in [5.41, 5.74) is 12.3. The molecule has 2 heteroatoms. The largest absolute Gasteiger partial charge is 0.308 e. The molecule has 0 saturated heterocycles. The highest BCUT2D eigenvalue weighted by molar-refractivity contribution is 6.36. The van der Waals surface area contributed by atoms with Crippen LogP contribution in [0.4, 0.5) is 0 Å². The lowest BCUT2D eigenvalue weighted by atomic mass is 9.94. The fourth-order valence-electron chi connectivity index (χ4n) is 8.46. The number of benzene rings is 8. The molecule has 2 nitrogen and oxygen atoms in total. The van der Waals surface area contributed by atoms with E-state index in [1.54, 1.807) is 0 Å². The Kier molecular flexibility index (Phi) is 5.14. The van der Waals surface area contributed by atoms with Crippen molar-refractivity contribution >= 4 is 70.7 Å². The first kappa shape index (κ1) is 25.8. The molecule has 0 atom stereocenters. The molecule has 0 saturated carbocycles. The topological polar surface area (TPSA) is 9.34 Å². The Hall–Kier alpha value is -6.38. The molecular formula is C46H28N2. The monoisotopic (exact) mass is 608 g/mol. The molecule has 11 aromatic rings. The minimum absolute atomic E-state index is 1.16. The van der Waals surface area contributed by atoms with E-state index < -0.39 is 0 Å². The van der Waals surface area contributed by atoms with Crippen molar-refractivity contribution in [3.63, 3.8) is 0 Å². The highest BCUT2D eigenvalue weighted by atomic mass is 15.0. The van der Waals surface area contributed by atoms with E-state index in [-0.39, 0.29) is 0 Å². The van der Waals surface area contributed by atoms with E-state index in [0.29, 0.717) is 0 Å². The number of nitrogens with zero attached hydrogens (tertiary/aromatic N) is 2. The van der Waals surface area contributed by atoms with Gasteiger partial charge in [0, 0.05) is 38.0 Å². The van der Waals surface area contributed by atoms with Crippen molar-refractivity contribution in [2.75, 3.05) is 0 Å². The van der Waals surface area contributed by atoms with Gasteiger partial charge in [0.1, 0.15) is 0 Å². The van der Waals surface area contributed by atoms with E-state index in [0.717, 1.165) is 5.69 Å². The minimum Gasteiger partial charge on any atom is -0.308 e. The molecule has 0 spiro atoms. The predicted octanol–water partition coefficient (Wildman–Crippen LogP) is 12.4. The summed E-state index contributed by atoms with van der Waals surface area (Å²) in [7, 11) is 0. The fourth-order valence-corrected chi connectivity index (χ4v) is 8.46. The Labute approximate surface area is 276 Å². The Morgan fingerprint density at radius 1 is 0.333 bits per heavy atom. The van der Waals surface area contributed by atoms with Crippen LogP contribution in [0.2, 0.25) is 0 Å². The molecule has 0 aliphatic heterocycles. The molecule has 11 rings (SSSR count). The van der Waals surface area contributed by atoms with Crippen LogP contribution in [0.15, 0.2) is 170 Å². The maximum absolute atomic E-state index is 2.53. The van der Waals surface area contributed by atoms with Crippen molar-refractivity contribution in [2.45, 2.75) is 0 Å². The smallest absolute Gasteiger partial charge is 0.0641 e. The van der Waals surface area contributed by atoms with Gasteiger partial charge in [-0.15, -0.1) is 0 Å². The Morgan fingerprint density at radius 2 is 0.958 bits per heavy atom. The van der Waals surface area contributed by atoms with Gasteiger partial charge in [-0.1, -0.05) is 133 Å². The standard InChI is InChI=1S/C46H28N2/c1-2-13-29(14-3-1)33-18-6-7-19-34(33)30-16-12-17-32(27-30)47-42-26-25-38-36-21-8-10-23-40(36)48-41-24-11-9-22-37(41)39-28-31-15-4-5-20-35(31)45(47)43(39)44(42)46(38)48/h1-28H. The predicted molar refractivity (Wildman–Crippen MR) is 204 cm³/mol. The second-order valence-electron chi connectivity index (χ2n) is 12.9. The molecule has 0 amide bonds. The van der Waals surface area contributed by atoms with Gasteiger partial charge in [-0.05, 0) is 69.4 Å². The van der Waals surface area contributed by atoms with Gasteiger partial charge in [0.2, 0.25) is 0 Å². The van der Waals surface area contributed by atoms with E-state index >= 15 is 0 Å². The first-order chi connectivity index (χ1) is 23.8. The van der Waals surface area contributed by atoms with Crippen molar-refractivity contribution in [2.24, 2.45) is 0 Å². The molecule has 3 heterocycles. The maximum Gasteiger partial charge on any atom is 0.0641 e. The lowest BCUT2D eigenvalue weighted by Gasteiger charge is -2.14. The number of hydrogen-bond donors (Lipinski definition) is 0. The SMILES string of the molecule is c1ccc(-c2ccccc2-c2cccc(-n3c4ccc5c6ccccc6n6c7ccccc7c7cc8ccccc8c3c7c4c56)c2)cc1. The third kappa shape index (κ3) is 3.36. The van der Waals surface area contributed by atoms with Crippen LogP contribution in [-0.4, -0.2) is 8.97 Å². The molecule has 8 aromatic carbocycles. The van der Waals surface area contributed by atoms with Gasteiger partial charge in [0.25, 0.3) is 0 Å². The summed E-state index contributed by atoms with van der Waals surface area (Å²) >= 11 is 0. The van der Waals surface area contributed by atoms with Gasteiger partial charge in [-0.3, -0.25) is 0 Å². The van der Waals surface area contributed by atoms with Crippen molar-refractivity contribution in [1.29, 1.82) is 0 Å².